The lowest BCUT2D eigenvalue weighted by Gasteiger charge is -2.30. The second-order valence-electron chi connectivity index (χ2n) is 7.35. The minimum atomic E-state index is 0.831. The summed E-state index contributed by atoms with van der Waals surface area (Å²) in [7, 11) is 0. The van der Waals surface area contributed by atoms with Crippen LogP contribution in [0.3, 0.4) is 0 Å². The van der Waals surface area contributed by atoms with Crippen molar-refractivity contribution in [3.63, 3.8) is 0 Å². The third-order valence-electron chi connectivity index (χ3n) is 5.23. The van der Waals surface area contributed by atoms with Crippen LogP contribution in [0.25, 0.3) is 0 Å². The summed E-state index contributed by atoms with van der Waals surface area (Å²) in [5.41, 5.74) is 1.22. The molecule has 0 amide bonds. The van der Waals surface area contributed by atoms with Gasteiger partial charge in [-0.05, 0) is 36.8 Å². The quantitative estimate of drug-likeness (QED) is 0.396. The van der Waals surface area contributed by atoms with Gasteiger partial charge in [0, 0.05) is 25.8 Å². The molecule has 2 nitrogen and oxygen atoms in total. The first-order chi connectivity index (χ1) is 11.7. The smallest absolute Gasteiger partial charge is 0.0543 e. The molecule has 0 aliphatic carbocycles. The van der Waals surface area contributed by atoms with Crippen LogP contribution in [0.2, 0.25) is 0 Å². The van der Waals surface area contributed by atoms with Crippen LogP contribution in [-0.2, 0) is 6.54 Å². The number of aromatic nitrogens is 1. The molecule has 0 bridgehead atoms. The van der Waals surface area contributed by atoms with Crippen molar-refractivity contribution in [2.75, 3.05) is 13.1 Å². The fraction of sp³-hybridized carbons (Fsp3) is 0.773. The Bertz CT molecular complexity index is 372. The molecule has 0 saturated heterocycles. The summed E-state index contributed by atoms with van der Waals surface area (Å²) in [4.78, 5) is 7.26. The third-order valence-corrected chi connectivity index (χ3v) is 5.23. The number of nitrogens with zero attached hydrogens (tertiary/aromatic N) is 2. The monoisotopic (exact) mass is 332 g/mol. The first-order valence-corrected chi connectivity index (χ1v) is 10.4. The lowest BCUT2D eigenvalue weighted by molar-refractivity contribution is 0.172. The molecule has 0 aliphatic heterocycles. The molecule has 0 spiro atoms. The van der Waals surface area contributed by atoms with Gasteiger partial charge in [-0.1, -0.05) is 72.3 Å². The minimum Gasteiger partial charge on any atom is -0.297 e. The maximum absolute atomic E-state index is 4.57. The molecular formula is C22H40N2. The van der Waals surface area contributed by atoms with E-state index in [2.05, 4.69) is 49.7 Å². The van der Waals surface area contributed by atoms with E-state index in [0.29, 0.717) is 0 Å². The summed E-state index contributed by atoms with van der Waals surface area (Å²) in [6.07, 6.45) is 12.6. The lowest BCUT2D eigenvalue weighted by Crippen LogP contribution is -2.34. The molecule has 0 aliphatic rings. The number of rotatable bonds is 14. The van der Waals surface area contributed by atoms with E-state index >= 15 is 0 Å². The van der Waals surface area contributed by atoms with Crippen LogP contribution >= 0.6 is 0 Å². The van der Waals surface area contributed by atoms with Crippen molar-refractivity contribution in [3.05, 3.63) is 30.1 Å². The fourth-order valence-electron chi connectivity index (χ4n) is 3.49. The first-order valence-electron chi connectivity index (χ1n) is 10.4. The van der Waals surface area contributed by atoms with Crippen molar-refractivity contribution in [2.45, 2.75) is 85.6 Å². The standard InChI is InChI=1S/C22H40N2/c1-5-9-13-20(7-3)17-24(18-21(8-4)14-10-6-2)19-22-15-11-12-16-23-22/h11-12,15-16,20-21H,5-10,13-14,17-19H2,1-4H3. The van der Waals surface area contributed by atoms with Crippen molar-refractivity contribution < 1.29 is 0 Å². The number of unbranched alkanes of at least 4 members (excludes halogenated alkanes) is 2. The van der Waals surface area contributed by atoms with E-state index in [-0.39, 0.29) is 0 Å². The van der Waals surface area contributed by atoms with E-state index in [4.69, 9.17) is 0 Å². The highest BCUT2D eigenvalue weighted by Gasteiger charge is 2.17. The first kappa shape index (κ1) is 21.2. The van der Waals surface area contributed by atoms with Gasteiger partial charge in [0.05, 0.1) is 5.69 Å². The second-order valence-corrected chi connectivity index (χ2v) is 7.35. The topological polar surface area (TPSA) is 16.1 Å². The highest BCUT2D eigenvalue weighted by molar-refractivity contribution is 5.03. The fourth-order valence-corrected chi connectivity index (χ4v) is 3.49. The maximum atomic E-state index is 4.57. The molecule has 1 aromatic heterocycles. The van der Waals surface area contributed by atoms with Gasteiger partial charge in [-0.15, -0.1) is 0 Å². The molecular weight excluding hydrogens is 292 g/mol. The Hall–Kier alpha value is -0.890. The van der Waals surface area contributed by atoms with E-state index in [1.54, 1.807) is 0 Å². The van der Waals surface area contributed by atoms with Crippen LogP contribution < -0.4 is 0 Å². The summed E-state index contributed by atoms with van der Waals surface area (Å²) < 4.78 is 0. The van der Waals surface area contributed by atoms with Crippen LogP contribution in [0.1, 0.15) is 84.8 Å². The number of pyridine rings is 1. The predicted octanol–water partition coefficient (Wildman–Crippen LogP) is 6.32. The zero-order valence-electron chi connectivity index (χ0n) is 16.6. The van der Waals surface area contributed by atoms with E-state index < -0.39 is 0 Å². The third kappa shape index (κ3) is 8.82. The molecule has 1 rings (SSSR count). The van der Waals surface area contributed by atoms with Crippen LogP contribution in [0.4, 0.5) is 0 Å². The second kappa shape index (κ2) is 13.4. The van der Waals surface area contributed by atoms with E-state index in [1.165, 1.54) is 70.2 Å². The molecule has 2 atom stereocenters. The van der Waals surface area contributed by atoms with E-state index in [9.17, 15) is 0 Å². The molecule has 0 saturated carbocycles. The van der Waals surface area contributed by atoms with Gasteiger partial charge in [-0.3, -0.25) is 9.88 Å². The maximum Gasteiger partial charge on any atom is 0.0543 e. The summed E-state index contributed by atoms with van der Waals surface area (Å²) >= 11 is 0. The van der Waals surface area contributed by atoms with E-state index in [1.807, 2.05) is 12.3 Å². The van der Waals surface area contributed by atoms with Crippen molar-refractivity contribution in [1.29, 1.82) is 0 Å². The molecule has 24 heavy (non-hydrogen) atoms. The molecule has 1 heterocycles. The zero-order chi connectivity index (χ0) is 17.6. The van der Waals surface area contributed by atoms with Gasteiger partial charge in [-0.25, -0.2) is 0 Å². The molecule has 0 radical (unpaired) electrons. The Morgan fingerprint density at radius 2 is 1.46 bits per heavy atom. The van der Waals surface area contributed by atoms with Gasteiger partial charge in [0.2, 0.25) is 0 Å². The van der Waals surface area contributed by atoms with Crippen molar-refractivity contribution in [1.82, 2.24) is 9.88 Å². The lowest BCUT2D eigenvalue weighted by atomic mass is 9.95. The predicted molar refractivity (Wildman–Crippen MR) is 106 cm³/mol. The van der Waals surface area contributed by atoms with Crippen molar-refractivity contribution in [3.8, 4) is 0 Å². The van der Waals surface area contributed by atoms with Gasteiger partial charge in [-0.2, -0.15) is 0 Å². The van der Waals surface area contributed by atoms with Gasteiger partial charge in [0.1, 0.15) is 0 Å². The van der Waals surface area contributed by atoms with Crippen LogP contribution in [0.15, 0.2) is 24.4 Å². The number of hydrogen-bond donors (Lipinski definition) is 0. The highest BCUT2D eigenvalue weighted by Crippen LogP contribution is 2.20. The molecule has 0 aromatic carbocycles. The zero-order valence-corrected chi connectivity index (χ0v) is 16.6. The van der Waals surface area contributed by atoms with Gasteiger partial charge in [0.25, 0.3) is 0 Å². The molecule has 2 unspecified atom stereocenters. The molecule has 0 fully saturated rings. The Labute approximate surface area is 151 Å². The van der Waals surface area contributed by atoms with Crippen LogP contribution in [-0.4, -0.2) is 23.0 Å². The SMILES string of the molecule is CCCCC(CC)CN(Cc1ccccn1)CC(CC)CCCC. The summed E-state index contributed by atoms with van der Waals surface area (Å²) in [5, 5.41) is 0. The number of hydrogen-bond acceptors (Lipinski definition) is 2. The summed E-state index contributed by atoms with van der Waals surface area (Å²) in [6.45, 7) is 12.8. The van der Waals surface area contributed by atoms with Crippen molar-refractivity contribution in [2.24, 2.45) is 11.8 Å². The molecule has 1 aromatic rings. The largest absolute Gasteiger partial charge is 0.297 e. The van der Waals surface area contributed by atoms with Gasteiger partial charge >= 0.3 is 0 Å². The van der Waals surface area contributed by atoms with Gasteiger partial charge in [0.15, 0.2) is 0 Å². The Morgan fingerprint density at radius 3 is 1.88 bits per heavy atom. The van der Waals surface area contributed by atoms with Crippen molar-refractivity contribution >= 4 is 0 Å². The van der Waals surface area contributed by atoms with E-state index in [0.717, 1.165) is 18.4 Å². The molecule has 0 N–H and O–H groups in total. The molecule has 2 heteroatoms. The molecule has 138 valence electrons. The Balaban J connectivity index is 2.69. The van der Waals surface area contributed by atoms with Crippen LogP contribution in [0, 0.1) is 11.8 Å². The Morgan fingerprint density at radius 1 is 0.875 bits per heavy atom. The van der Waals surface area contributed by atoms with Crippen LogP contribution in [0.5, 0.6) is 0 Å². The average Bonchev–Trinajstić information content (AvgIpc) is 2.62. The summed E-state index contributed by atoms with van der Waals surface area (Å²) in [6, 6.07) is 6.30. The summed E-state index contributed by atoms with van der Waals surface area (Å²) in [5.74, 6) is 1.66. The minimum absolute atomic E-state index is 0.831. The Kier molecular flexibility index (Phi) is 11.8. The van der Waals surface area contributed by atoms with Gasteiger partial charge < -0.3 is 0 Å². The average molecular weight is 333 g/mol. The normalized spacial score (nSPS) is 14.0. The highest BCUT2D eigenvalue weighted by atomic mass is 15.1.